The van der Waals surface area contributed by atoms with Crippen LogP contribution < -0.4 is 11.0 Å². The van der Waals surface area contributed by atoms with Crippen molar-refractivity contribution in [2.45, 2.75) is 45.2 Å². The highest BCUT2D eigenvalue weighted by molar-refractivity contribution is 5.80. The number of aromatic nitrogens is 3. The zero-order valence-corrected chi connectivity index (χ0v) is 17.5. The highest BCUT2D eigenvalue weighted by atomic mass is 16.2. The van der Waals surface area contributed by atoms with Crippen LogP contribution in [0.4, 0.5) is 0 Å². The molecule has 158 valence electrons. The van der Waals surface area contributed by atoms with Crippen molar-refractivity contribution in [1.29, 1.82) is 0 Å². The van der Waals surface area contributed by atoms with Crippen LogP contribution in [0.25, 0.3) is 16.9 Å². The minimum Gasteiger partial charge on any atom is -0.353 e. The summed E-state index contributed by atoms with van der Waals surface area (Å²) in [5.41, 5.74) is 1.69. The molecule has 30 heavy (non-hydrogen) atoms. The Morgan fingerprint density at radius 2 is 2.00 bits per heavy atom. The number of imidazole rings is 1. The van der Waals surface area contributed by atoms with Gasteiger partial charge in [0.2, 0.25) is 5.91 Å². The number of amides is 1. The molecule has 1 aromatic carbocycles. The van der Waals surface area contributed by atoms with Gasteiger partial charge in [-0.15, -0.1) is 0 Å². The molecule has 3 heterocycles. The second-order valence-electron chi connectivity index (χ2n) is 7.83. The highest BCUT2D eigenvalue weighted by Crippen LogP contribution is 2.18. The number of hydrogen-bond donors (Lipinski definition) is 1. The quantitative estimate of drug-likeness (QED) is 0.653. The third kappa shape index (κ3) is 4.16. The molecule has 0 radical (unpaired) electrons. The van der Waals surface area contributed by atoms with Gasteiger partial charge in [0.05, 0.1) is 11.2 Å². The van der Waals surface area contributed by atoms with E-state index in [0.29, 0.717) is 23.8 Å². The standard InChI is InChI=1S/C23H29N5O2/c1-2-18-9-6-7-15-26(18)16-14-24-21(29)17-27-20-12-8-13-25-22(20)28(23(27)30)19-10-4-3-5-11-19/h3-5,8,10-13,18H,2,6-7,9,14-17H2,1H3,(H,24,29). The van der Waals surface area contributed by atoms with Crippen LogP contribution in [0.5, 0.6) is 0 Å². The Morgan fingerprint density at radius 3 is 2.80 bits per heavy atom. The molecule has 1 amide bonds. The van der Waals surface area contributed by atoms with Gasteiger partial charge in [0.25, 0.3) is 0 Å². The normalized spacial score (nSPS) is 17.3. The van der Waals surface area contributed by atoms with Crippen LogP contribution in [-0.2, 0) is 11.3 Å². The van der Waals surface area contributed by atoms with E-state index in [4.69, 9.17) is 0 Å². The van der Waals surface area contributed by atoms with Crippen molar-refractivity contribution >= 4 is 17.1 Å². The van der Waals surface area contributed by atoms with Crippen LogP contribution in [0.3, 0.4) is 0 Å². The highest BCUT2D eigenvalue weighted by Gasteiger charge is 2.21. The van der Waals surface area contributed by atoms with Gasteiger partial charge in [-0.05, 0) is 50.1 Å². The van der Waals surface area contributed by atoms with Gasteiger partial charge in [-0.2, -0.15) is 0 Å². The Morgan fingerprint density at radius 1 is 1.17 bits per heavy atom. The molecule has 7 nitrogen and oxygen atoms in total. The van der Waals surface area contributed by atoms with Crippen molar-refractivity contribution in [3.8, 4) is 5.69 Å². The molecule has 3 aromatic rings. The number of carbonyl (C=O) groups is 1. The van der Waals surface area contributed by atoms with Crippen LogP contribution in [0.15, 0.2) is 53.5 Å². The zero-order chi connectivity index (χ0) is 20.9. The molecule has 7 heteroatoms. The minimum atomic E-state index is -0.257. The van der Waals surface area contributed by atoms with Crippen molar-refractivity contribution in [1.82, 2.24) is 24.3 Å². The van der Waals surface area contributed by atoms with Gasteiger partial charge < -0.3 is 5.32 Å². The van der Waals surface area contributed by atoms with Gasteiger partial charge in [0, 0.05) is 25.3 Å². The third-order valence-electron chi connectivity index (χ3n) is 5.95. The fourth-order valence-corrected chi connectivity index (χ4v) is 4.40. The van der Waals surface area contributed by atoms with E-state index in [0.717, 1.165) is 25.2 Å². The minimum absolute atomic E-state index is 0.0158. The molecule has 0 aliphatic carbocycles. The van der Waals surface area contributed by atoms with Crippen LogP contribution in [0, 0.1) is 0 Å². The maximum Gasteiger partial charge on any atom is 0.335 e. The van der Waals surface area contributed by atoms with Crippen molar-refractivity contribution in [3.05, 3.63) is 59.1 Å². The summed E-state index contributed by atoms with van der Waals surface area (Å²) in [5, 5.41) is 2.99. The number of carbonyl (C=O) groups excluding carboxylic acids is 1. The first kappa shape index (κ1) is 20.3. The second-order valence-corrected chi connectivity index (χ2v) is 7.83. The Balaban J connectivity index is 1.48. The summed E-state index contributed by atoms with van der Waals surface area (Å²) in [6.45, 7) is 4.76. The molecule has 1 aliphatic rings. The average Bonchev–Trinajstić information content (AvgIpc) is 3.06. The summed E-state index contributed by atoms with van der Waals surface area (Å²) in [6.07, 6.45) is 6.57. The van der Waals surface area contributed by atoms with Crippen molar-refractivity contribution in [2.24, 2.45) is 0 Å². The van der Waals surface area contributed by atoms with E-state index in [1.54, 1.807) is 16.8 Å². The Labute approximate surface area is 176 Å². The molecule has 1 saturated heterocycles. The monoisotopic (exact) mass is 407 g/mol. The van der Waals surface area contributed by atoms with Gasteiger partial charge in [-0.25, -0.2) is 14.3 Å². The summed E-state index contributed by atoms with van der Waals surface area (Å²) in [5.74, 6) is -0.155. The van der Waals surface area contributed by atoms with Crippen LogP contribution in [-0.4, -0.2) is 50.6 Å². The molecule has 0 bridgehead atoms. The lowest BCUT2D eigenvalue weighted by Gasteiger charge is -2.35. The Hall–Kier alpha value is -2.93. The number of rotatable bonds is 7. The lowest BCUT2D eigenvalue weighted by atomic mass is 10.0. The number of para-hydroxylation sites is 1. The second kappa shape index (κ2) is 9.26. The largest absolute Gasteiger partial charge is 0.353 e. The summed E-state index contributed by atoms with van der Waals surface area (Å²) >= 11 is 0. The van der Waals surface area contributed by atoms with Gasteiger partial charge in [-0.3, -0.25) is 14.3 Å². The van der Waals surface area contributed by atoms with E-state index in [2.05, 4.69) is 22.1 Å². The molecule has 2 aromatic heterocycles. The molecular weight excluding hydrogens is 378 g/mol. The number of hydrogen-bond acceptors (Lipinski definition) is 4. The number of pyridine rings is 1. The predicted octanol–water partition coefficient (Wildman–Crippen LogP) is 2.57. The predicted molar refractivity (Wildman–Crippen MR) is 118 cm³/mol. The van der Waals surface area contributed by atoms with Gasteiger partial charge in [0.15, 0.2) is 5.65 Å². The van der Waals surface area contributed by atoms with Crippen LogP contribution in [0.2, 0.25) is 0 Å². The van der Waals surface area contributed by atoms with Crippen LogP contribution >= 0.6 is 0 Å². The molecule has 1 N–H and O–H groups in total. The van der Waals surface area contributed by atoms with Crippen molar-refractivity contribution in [2.75, 3.05) is 19.6 Å². The molecular formula is C23H29N5O2. The third-order valence-corrected chi connectivity index (χ3v) is 5.95. The molecule has 0 saturated carbocycles. The molecule has 1 fully saturated rings. The van der Waals surface area contributed by atoms with Gasteiger partial charge in [-0.1, -0.05) is 31.5 Å². The van der Waals surface area contributed by atoms with E-state index in [9.17, 15) is 9.59 Å². The van der Waals surface area contributed by atoms with E-state index < -0.39 is 0 Å². The summed E-state index contributed by atoms with van der Waals surface area (Å²) < 4.78 is 3.06. The fourth-order valence-electron chi connectivity index (χ4n) is 4.40. The van der Waals surface area contributed by atoms with Crippen LogP contribution in [0.1, 0.15) is 32.6 Å². The first-order valence-electron chi connectivity index (χ1n) is 10.8. The number of benzene rings is 1. The first-order valence-corrected chi connectivity index (χ1v) is 10.8. The fraction of sp³-hybridized carbons (Fsp3) is 0.435. The summed E-state index contributed by atoms with van der Waals surface area (Å²) in [4.78, 5) is 32.6. The SMILES string of the molecule is CCC1CCCCN1CCNC(=O)Cn1c(=O)n(-c2ccccc2)c2ncccc21. The van der Waals surface area contributed by atoms with E-state index in [1.165, 1.54) is 23.8 Å². The maximum atomic E-state index is 13.1. The number of piperidine rings is 1. The first-order chi connectivity index (χ1) is 14.7. The molecule has 1 unspecified atom stereocenters. The molecule has 0 spiro atoms. The van der Waals surface area contributed by atoms with E-state index >= 15 is 0 Å². The number of nitrogens with one attached hydrogen (secondary N) is 1. The summed E-state index contributed by atoms with van der Waals surface area (Å²) in [6, 6.07) is 13.6. The van der Waals surface area contributed by atoms with E-state index in [1.807, 2.05) is 36.4 Å². The Bertz CT molecular complexity index is 1060. The zero-order valence-electron chi connectivity index (χ0n) is 17.5. The topological polar surface area (TPSA) is 72.2 Å². The van der Waals surface area contributed by atoms with Crippen molar-refractivity contribution < 1.29 is 4.79 Å². The smallest absolute Gasteiger partial charge is 0.335 e. The molecule has 1 aliphatic heterocycles. The van der Waals surface area contributed by atoms with Crippen molar-refractivity contribution in [3.63, 3.8) is 0 Å². The maximum absolute atomic E-state index is 13.1. The molecule has 4 rings (SSSR count). The number of fused-ring (bicyclic) bond motifs is 1. The Kier molecular flexibility index (Phi) is 6.28. The lowest BCUT2D eigenvalue weighted by molar-refractivity contribution is -0.121. The summed E-state index contributed by atoms with van der Waals surface area (Å²) in [7, 11) is 0. The lowest BCUT2D eigenvalue weighted by Crippen LogP contribution is -2.44. The number of likely N-dealkylation sites (tertiary alicyclic amines) is 1. The van der Waals surface area contributed by atoms with Gasteiger partial charge >= 0.3 is 5.69 Å². The van der Waals surface area contributed by atoms with Gasteiger partial charge in [0.1, 0.15) is 6.54 Å². The molecule has 1 atom stereocenters. The average molecular weight is 408 g/mol. The number of nitrogens with zero attached hydrogens (tertiary/aromatic N) is 4. The van der Waals surface area contributed by atoms with E-state index in [-0.39, 0.29) is 18.1 Å².